The highest BCUT2D eigenvalue weighted by molar-refractivity contribution is 6.15. The van der Waals surface area contributed by atoms with Gasteiger partial charge in [-0.15, -0.1) is 0 Å². The number of fused-ring (bicyclic) bond motifs is 7. The third-order valence-corrected chi connectivity index (χ3v) is 26.1. The molecule has 0 saturated carbocycles. The van der Waals surface area contributed by atoms with E-state index >= 15 is 0 Å². The van der Waals surface area contributed by atoms with Gasteiger partial charge in [-0.25, -0.2) is 0 Å². The average molecular weight is 1800 g/mol. The molecule has 0 aliphatic rings. The summed E-state index contributed by atoms with van der Waals surface area (Å²) in [7, 11) is 0. The van der Waals surface area contributed by atoms with E-state index in [9.17, 15) is 0 Å². The SMILES string of the molecule is c1ccc(-c2ccc(-c3cc4ccccc4cc3N(c3ccccc3)c3ccccc3)cc2)cc1.c1ccc(-c2cccc(-c3cc4ccccc4cc3N(c3ccccc3)c3ccccc3)c2)cc1.c1ccc(-c2ccccc2-c2cc3ccccc3cc2N(c2ccccc2)c2ccccc2)cc1.c1ccc(N(c2ccccc2)c2cc3ccccc3cc2-c2cccc3oc4ccccc4c23)cc1. The molecule has 0 bridgehead atoms. The molecule has 0 unspecified atom stereocenters. The van der Waals surface area contributed by atoms with E-state index in [-0.39, 0.29) is 0 Å². The van der Waals surface area contributed by atoms with Crippen molar-refractivity contribution >= 4 is 133 Å². The largest absolute Gasteiger partial charge is 0.456 e. The third kappa shape index (κ3) is 19.0. The number of para-hydroxylation sites is 9. The van der Waals surface area contributed by atoms with Crippen LogP contribution in [0.1, 0.15) is 0 Å². The lowest BCUT2D eigenvalue weighted by Gasteiger charge is -2.29. The van der Waals surface area contributed by atoms with Crippen molar-refractivity contribution in [1.29, 1.82) is 0 Å². The van der Waals surface area contributed by atoms with E-state index in [2.05, 4.69) is 602 Å². The molecular formula is C136H98N4O. The van der Waals surface area contributed by atoms with Crippen LogP contribution in [0.2, 0.25) is 0 Å². The first-order valence-corrected chi connectivity index (χ1v) is 48.1. The van der Waals surface area contributed by atoms with Crippen LogP contribution < -0.4 is 19.6 Å². The van der Waals surface area contributed by atoms with Gasteiger partial charge in [-0.2, -0.15) is 0 Å². The number of nitrogens with zero attached hydrogens (tertiary/aromatic N) is 4. The van der Waals surface area contributed by atoms with Crippen LogP contribution in [0.3, 0.4) is 0 Å². The van der Waals surface area contributed by atoms with Crippen LogP contribution in [0.4, 0.5) is 68.2 Å². The van der Waals surface area contributed by atoms with Crippen molar-refractivity contribution < 1.29 is 4.42 Å². The minimum Gasteiger partial charge on any atom is -0.456 e. The summed E-state index contributed by atoms with van der Waals surface area (Å²) in [6.45, 7) is 0. The first kappa shape index (κ1) is 87.6. The lowest BCUT2D eigenvalue weighted by Crippen LogP contribution is -2.11. The number of furan rings is 1. The molecule has 0 aliphatic heterocycles. The number of hydrogen-bond donors (Lipinski definition) is 0. The van der Waals surface area contributed by atoms with Gasteiger partial charge >= 0.3 is 0 Å². The molecule has 0 aliphatic carbocycles. The van der Waals surface area contributed by atoms with E-state index < -0.39 is 0 Å². The van der Waals surface area contributed by atoms with Crippen molar-refractivity contribution in [2.45, 2.75) is 0 Å². The molecule has 0 amide bonds. The van der Waals surface area contributed by atoms with Crippen molar-refractivity contribution in [3.8, 4) is 77.9 Å². The Bertz CT molecular complexity index is 8400. The summed E-state index contributed by atoms with van der Waals surface area (Å²) in [6, 6.07) is 211. The minimum atomic E-state index is 0.902. The zero-order chi connectivity index (χ0) is 94.3. The fraction of sp³-hybridized carbons (Fsp3) is 0. The summed E-state index contributed by atoms with van der Waals surface area (Å²) in [4.78, 5) is 9.43. The van der Waals surface area contributed by atoms with E-state index in [1.54, 1.807) is 0 Å². The van der Waals surface area contributed by atoms with Crippen molar-refractivity contribution in [1.82, 2.24) is 0 Å². The topological polar surface area (TPSA) is 26.1 Å². The molecule has 0 fully saturated rings. The zero-order valence-electron chi connectivity index (χ0n) is 77.8. The quantitative estimate of drug-likeness (QED) is 0.0804. The fourth-order valence-electron chi connectivity index (χ4n) is 19.4. The van der Waals surface area contributed by atoms with Crippen molar-refractivity contribution in [2.24, 2.45) is 0 Å². The summed E-state index contributed by atoms with van der Waals surface area (Å²) < 4.78 is 6.26. The summed E-state index contributed by atoms with van der Waals surface area (Å²) in [5.41, 5.74) is 32.3. The van der Waals surface area contributed by atoms with Crippen LogP contribution in [0.5, 0.6) is 0 Å². The number of anilines is 12. The van der Waals surface area contributed by atoms with Gasteiger partial charge in [0, 0.05) is 78.5 Å². The van der Waals surface area contributed by atoms with Crippen LogP contribution in [-0.4, -0.2) is 0 Å². The molecule has 141 heavy (non-hydrogen) atoms. The fourth-order valence-corrected chi connectivity index (χ4v) is 19.4. The lowest BCUT2D eigenvalue weighted by molar-refractivity contribution is 0.669. The van der Waals surface area contributed by atoms with Crippen LogP contribution >= 0.6 is 0 Å². The summed E-state index contributed by atoms with van der Waals surface area (Å²) >= 11 is 0. The Hall–Kier alpha value is -18.7. The van der Waals surface area contributed by atoms with Crippen LogP contribution in [-0.2, 0) is 0 Å². The summed E-state index contributed by atoms with van der Waals surface area (Å²) in [5.74, 6) is 0. The van der Waals surface area contributed by atoms with Crippen molar-refractivity contribution in [3.63, 3.8) is 0 Å². The summed E-state index contributed by atoms with van der Waals surface area (Å²) in [6.07, 6.45) is 0. The van der Waals surface area contributed by atoms with Gasteiger partial charge in [0.25, 0.3) is 0 Å². The van der Waals surface area contributed by atoms with Crippen LogP contribution in [0.25, 0.3) is 143 Å². The van der Waals surface area contributed by atoms with Gasteiger partial charge < -0.3 is 24.0 Å². The molecule has 0 spiro atoms. The predicted octanol–water partition coefficient (Wildman–Crippen LogP) is 38.8. The normalized spacial score (nSPS) is 11.0. The molecule has 0 atom stereocenters. The predicted molar refractivity (Wildman–Crippen MR) is 600 cm³/mol. The average Bonchev–Trinajstić information content (AvgIpc) is 1.66. The van der Waals surface area contributed by atoms with Gasteiger partial charge in [0.2, 0.25) is 0 Å². The molecule has 25 aromatic rings. The Morgan fingerprint density at radius 2 is 0.340 bits per heavy atom. The van der Waals surface area contributed by atoms with E-state index in [1.807, 2.05) is 12.1 Å². The Kier molecular flexibility index (Phi) is 25.6. The van der Waals surface area contributed by atoms with Gasteiger partial charge in [0.1, 0.15) is 11.2 Å². The van der Waals surface area contributed by atoms with Gasteiger partial charge in [0.15, 0.2) is 0 Å². The highest BCUT2D eigenvalue weighted by atomic mass is 16.3. The van der Waals surface area contributed by atoms with Gasteiger partial charge in [-0.1, -0.05) is 431 Å². The molecule has 0 N–H and O–H groups in total. The maximum absolute atomic E-state index is 6.26. The van der Waals surface area contributed by atoms with E-state index in [0.717, 1.165) is 95.8 Å². The second-order valence-electron chi connectivity index (χ2n) is 35.0. The second kappa shape index (κ2) is 41.3. The first-order valence-electron chi connectivity index (χ1n) is 48.1. The van der Waals surface area contributed by atoms with E-state index in [0.29, 0.717) is 0 Å². The Labute approximate surface area is 823 Å². The minimum absolute atomic E-state index is 0.902. The molecule has 668 valence electrons. The molecule has 25 rings (SSSR count). The molecule has 5 heteroatoms. The number of rotatable bonds is 19. The zero-order valence-corrected chi connectivity index (χ0v) is 77.8. The molecule has 0 radical (unpaired) electrons. The van der Waals surface area contributed by atoms with E-state index in [4.69, 9.17) is 4.42 Å². The van der Waals surface area contributed by atoms with Gasteiger partial charge in [-0.05, 0) is 263 Å². The highest BCUT2D eigenvalue weighted by Gasteiger charge is 2.26. The van der Waals surface area contributed by atoms with E-state index in [1.165, 1.54) is 115 Å². The number of hydrogen-bond acceptors (Lipinski definition) is 5. The molecule has 5 nitrogen and oxygen atoms in total. The molecule has 24 aromatic carbocycles. The Balaban J connectivity index is 0.000000108. The molecule has 1 aromatic heterocycles. The number of benzene rings is 24. The highest BCUT2D eigenvalue weighted by Crippen LogP contribution is 2.51. The van der Waals surface area contributed by atoms with Gasteiger partial charge in [-0.3, -0.25) is 0 Å². The van der Waals surface area contributed by atoms with Crippen LogP contribution in [0, 0.1) is 0 Å². The van der Waals surface area contributed by atoms with Crippen LogP contribution in [0.15, 0.2) is 599 Å². The standard InChI is InChI=1S/C34H23NO.3C34H25N/c1-3-14-26(15-4-1)35(27-16-5-2-6-17-27)31-23-25-13-8-7-12-24(25)22-30(31)28-19-11-21-33-34(28)29-18-9-10-20-32(29)36-33;1-4-14-26(15-5-1)31-22-12-13-23-32(31)33-24-27-16-10-11-17-28(27)25-34(33)35(29-18-6-2-7-19-29)30-20-8-3-9-21-30;1-4-13-26(14-5-1)27-17-12-18-30(23-27)33-24-28-15-10-11-16-29(28)25-34(33)35(31-19-6-2-7-20-31)32-21-8-3-9-22-32;1-4-12-26(13-5-1)27-20-22-28(23-21-27)33-24-29-14-10-11-15-30(29)25-34(33)35(31-16-6-2-7-17-31)32-18-8-3-9-19-32/h1-23H;3*1-25H. The van der Waals surface area contributed by atoms with Crippen molar-refractivity contribution in [2.75, 3.05) is 19.6 Å². The van der Waals surface area contributed by atoms with Gasteiger partial charge in [0.05, 0.1) is 22.7 Å². The maximum atomic E-state index is 6.26. The Morgan fingerprint density at radius 1 is 0.121 bits per heavy atom. The van der Waals surface area contributed by atoms with Crippen molar-refractivity contribution in [3.05, 3.63) is 595 Å². The first-order chi connectivity index (χ1) is 70.0. The maximum Gasteiger partial charge on any atom is 0.136 e. The monoisotopic (exact) mass is 1800 g/mol. The third-order valence-electron chi connectivity index (χ3n) is 26.1. The summed E-state index contributed by atoms with van der Waals surface area (Å²) in [5, 5.41) is 12.1. The molecule has 0 saturated heterocycles. The Morgan fingerprint density at radius 3 is 0.709 bits per heavy atom. The smallest absolute Gasteiger partial charge is 0.136 e. The molecule has 1 heterocycles. The second-order valence-corrected chi connectivity index (χ2v) is 35.0. The molecular weight excluding hydrogens is 1710 g/mol. The lowest BCUT2D eigenvalue weighted by atomic mass is 9.91.